The molecule has 6 nitrogen and oxygen atoms in total. The number of nitrogens with zero attached hydrogens (tertiary/aromatic N) is 3. The van der Waals surface area contributed by atoms with E-state index in [9.17, 15) is 0 Å². The molecule has 1 atom stereocenters. The molecule has 53 heavy (non-hydrogen) atoms. The van der Waals surface area contributed by atoms with Crippen LogP contribution in [-0.2, 0) is 26.2 Å². The van der Waals surface area contributed by atoms with Gasteiger partial charge in [0, 0.05) is 22.9 Å². The van der Waals surface area contributed by atoms with E-state index in [2.05, 4.69) is 44.0 Å². The van der Waals surface area contributed by atoms with Crippen LogP contribution in [0.5, 0.6) is 0 Å². The van der Waals surface area contributed by atoms with Crippen LogP contribution < -0.4 is 4.90 Å². The lowest BCUT2D eigenvalue weighted by molar-refractivity contribution is -0.0372. The Morgan fingerprint density at radius 3 is 1.89 bits per heavy atom. The lowest BCUT2D eigenvalue weighted by Crippen LogP contribution is -2.48. The number of ether oxygens (including phenoxy) is 1. The van der Waals surface area contributed by atoms with E-state index < -0.39 is 31.7 Å². The molecule has 1 aliphatic rings. The third-order valence-corrected chi connectivity index (χ3v) is 14.6. The highest BCUT2D eigenvalue weighted by atomic mass is 28.4. The van der Waals surface area contributed by atoms with Crippen molar-refractivity contribution in [1.29, 1.82) is 0 Å². The Morgan fingerprint density at radius 1 is 0.792 bits per heavy atom. The molecule has 1 unspecified atom stereocenters. The predicted molar refractivity (Wildman–Crippen MR) is 207 cm³/mol. The Labute approximate surface area is 311 Å². The fraction of sp³-hybridized carbons (Fsp3) is 0.302. The molecule has 4 aromatic carbocycles. The zero-order valence-electron chi connectivity index (χ0n) is 30.9. The van der Waals surface area contributed by atoms with Gasteiger partial charge >= 0.3 is 0 Å². The monoisotopic (exact) mass is 737 g/mol. The number of halogens is 3. The number of oxime groups is 1. The average molecular weight is 738 g/mol. The van der Waals surface area contributed by atoms with Gasteiger partial charge in [-0.1, -0.05) is 135 Å². The van der Waals surface area contributed by atoms with Crippen LogP contribution in [0.4, 0.5) is 19.0 Å². The third kappa shape index (κ3) is 8.40. The molecule has 5 aromatic rings. The largest absolute Gasteiger partial charge is 0.412 e. The van der Waals surface area contributed by atoms with Gasteiger partial charge in [0.15, 0.2) is 32.7 Å². The number of aromatic nitrogens is 1. The van der Waals surface area contributed by atoms with E-state index >= 15 is 13.2 Å². The maximum atomic E-state index is 15.6. The highest BCUT2D eigenvalue weighted by Crippen LogP contribution is 2.41. The predicted octanol–water partition coefficient (Wildman–Crippen LogP) is 10.1. The fourth-order valence-electron chi connectivity index (χ4n) is 6.04. The van der Waals surface area contributed by atoms with E-state index in [-0.39, 0.29) is 49.3 Å². The number of pyridine rings is 1. The Kier molecular flexibility index (Phi) is 11.5. The zero-order chi connectivity index (χ0) is 37.6. The van der Waals surface area contributed by atoms with E-state index in [0.717, 1.165) is 16.7 Å². The summed E-state index contributed by atoms with van der Waals surface area (Å²) in [5, 5.41) is 4.09. The first kappa shape index (κ1) is 38.0. The molecule has 1 aliphatic heterocycles. The van der Waals surface area contributed by atoms with Crippen LogP contribution >= 0.6 is 0 Å². The molecule has 0 saturated carbocycles. The molecular weight excluding hydrogens is 692 g/mol. The number of hydrogen-bond acceptors (Lipinski definition) is 6. The molecule has 6 rings (SSSR count). The van der Waals surface area contributed by atoms with E-state index in [0.29, 0.717) is 16.8 Å². The van der Waals surface area contributed by atoms with Crippen molar-refractivity contribution < 1.29 is 27.2 Å². The number of hydrogen-bond donors (Lipinski definition) is 0. The topological polar surface area (TPSA) is 56.2 Å². The van der Waals surface area contributed by atoms with E-state index in [1.807, 2.05) is 91.0 Å². The minimum atomic E-state index is -2.09. The average Bonchev–Trinajstić information content (AvgIpc) is 3.13. The van der Waals surface area contributed by atoms with Crippen LogP contribution in [0.2, 0.25) is 18.1 Å². The summed E-state index contributed by atoms with van der Waals surface area (Å²) in [5.74, 6) is -0.899. The van der Waals surface area contributed by atoms with Gasteiger partial charge in [-0.25, -0.2) is 18.2 Å². The first-order valence-corrected chi connectivity index (χ1v) is 20.7. The van der Waals surface area contributed by atoms with Crippen LogP contribution in [0.15, 0.2) is 127 Å². The van der Waals surface area contributed by atoms with Crippen LogP contribution in [0.3, 0.4) is 0 Å². The van der Waals surface area contributed by atoms with Crippen LogP contribution in [0.25, 0.3) is 11.1 Å². The third-order valence-electron chi connectivity index (χ3n) is 10.1. The second kappa shape index (κ2) is 16.1. The summed E-state index contributed by atoms with van der Waals surface area (Å²) in [6.07, 6.45) is -0.00939. The molecule has 2 heterocycles. The molecule has 10 heteroatoms. The van der Waals surface area contributed by atoms with Gasteiger partial charge in [-0.2, -0.15) is 0 Å². The summed E-state index contributed by atoms with van der Waals surface area (Å²) < 4.78 is 59.1. The standard InChI is InChI=1S/C43H46F3N3O3Si/c1-42(2,3)53(4,5)52-28-31-16-15-23-38(40(31)46)32-24-39(45)41(47-25-32)49-26-37(27-49)48-51-30-36(44)29-50-43(33-17-9-6-10-18-33,34-19-11-7-12-20-34)35-21-13-8-14-22-35/h6-25,36H,26-30H2,1-5H3. The van der Waals surface area contributed by atoms with Crippen LogP contribution in [0.1, 0.15) is 43.0 Å². The van der Waals surface area contributed by atoms with Gasteiger partial charge < -0.3 is 18.9 Å². The minimum absolute atomic E-state index is 0.00968. The summed E-state index contributed by atoms with van der Waals surface area (Å²) in [6, 6.07) is 35.7. The molecule has 0 amide bonds. The molecule has 1 saturated heterocycles. The molecule has 0 aliphatic carbocycles. The second-order valence-electron chi connectivity index (χ2n) is 14.9. The summed E-state index contributed by atoms with van der Waals surface area (Å²) >= 11 is 0. The van der Waals surface area contributed by atoms with Crippen molar-refractivity contribution in [2.75, 3.05) is 31.2 Å². The Morgan fingerprint density at radius 2 is 1.36 bits per heavy atom. The first-order chi connectivity index (χ1) is 25.4. The highest BCUT2D eigenvalue weighted by Gasteiger charge is 2.39. The van der Waals surface area contributed by atoms with Crippen LogP contribution in [0, 0.1) is 11.6 Å². The van der Waals surface area contributed by atoms with E-state index in [1.54, 1.807) is 23.1 Å². The maximum absolute atomic E-state index is 15.6. The molecule has 276 valence electrons. The van der Waals surface area contributed by atoms with Crippen molar-refractivity contribution in [3.05, 3.63) is 155 Å². The molecule has 0 N–H and O–H groups in total. The van der Waals surface area contributed by atoms with E-state index in [4.69, 9.17) is 14.0 Å². The maximum Gasteiger partial charge on any atom is 0.192 e. The molecule has 1 fully saturated rings. The molecule has 1 aromatic heterocycles. The van der Waals surface area contributed by atoms with Gasteiger partial charge in [-0.05, 0) is 40.9 Å². The Hall–Kier alpha value is -4.77. The summed E-state index contributed by atoms with van der Waals surface area (Å²) in [7, 11) is -2.09. The van der Waals surface area contributed by atoms with Crippen molar-refractivity contribution in [2.45, 2.75) is 57.3 Å². The van der Waals surface area contributed by atoms with Crippen molar-refractivity contribution in [1.82, 2.24) is 4.98 Å². The number of rotatable bonds is 14. The van der Waals surface area contributed by atoms with Crippen molar-refractivity contribution in [2.24, 2.45) is 5.16 Å². The summed E-state index contributed by atoms with van der Waals surface area (Å²) in [5.41, 5.74) is 3.22. The van der Waals surface area contributed by atoms with Gasteiger partial charge in [0.25, 0.3) is 0 Å². The quantitative estimate of drug-likeness (QED) is 0.0645. The normalized spacial score (nSPS) is 14.1. The Bertz CT molecular complexity index is 1900. The fourth-order valence-corrected chi connectivity index (χ4v) is 6.99. The molecule has 0 bridgehead atoms. The SMILES string of the molecule is CC(C)(C)[Si](C)(C)OCc1cccc(-c2cnc(N3CC(=NOCC(F)COC(c4ccccc4)(c4ccccc4)c4ccccc4)C3)c(F)c2)c1F. The lowest BCUT2D eigenvalue weighted by atomic mass is 9.80. The van der Waals surface area contributed by atoms with Crippen molar-refractivity contribution >= 4 is 19.8 Å². The molecule has 0 radical (unpaired) electrons. The number of anilines is 1. The smallest absolute Gasteiger partial charge is 0.192 e. The van der Waals surface area contributed by atoms with E-state index in [1.165, 1.54) is 12.3 Å². The lowest BCUT2D eigenvalue weighted by Gasteiger charge is -2.36. The second-order valence-corrected chi connectivity index (χ2v) is 19.7. The first-order valence-electron chi connectivity index (χ1n) is 17.8. The van der Waals surface area contributed by atoms with Gasteiger partial charge in [-0.15, -0.1) is 0 Å². The molecule has 0 spiro atoms. The van der Waals surface area contributed by atoms with Crippen LogP contribution in [-0.4, -0.2) is 51.5 Å². The van der Waals surface area contributed by atoms with Gasteiger partial charge in [0.2, 0.25) is 0 Å². The van der Waals surface area contributed by atoms with Gasteiger partial charge in [0.1, 0.15) is 11.4 Å². The van der Waals surface area contributed by atoms with Gasteiger partial charge in [0.05, 0.1) is 32.0 Å². The highest BCUT2D eigenvalue weighted by molar-refractivity contribution is 6.74. The van der Waals surface area contributed by atoms with Gasteiger partial charge in [-0.3, -0.25) is 0 Å². The van der Waals surface area contributed by atoms with Crippen molar-refractivity contribution in [3.8, 4) is 11.1 Å². The number of alkyl halides is 1. The summed E-state index contributed by atoms with van der Waals surface area (Å²) in [6.45, 7) is 10.8. The number of benzene rings is 4. The van der Waals surface area contributed by atoms with Crippen molar-refractivity contribution in [3.63, 3.8) is 0 Å². The summed E-state index contributed by atoms with van der Waals surface area (Å²) in [4.78, 5) is 11.4. The zero-order valence-corrected chi connectivity index (χ0v) is 31.9. The minimum Gasteiger partial charge on any atom is -0.412 e. The Balaban J connectivity index is 1.06. The molecular formula is C43H46F3N3O3Si.